The molecule has 1 N–H and O–H groups in total. The number of benzene rings is 1. The Morgan fingerprint density at radius 3 is 2.59 bits per heavy atom. The zero-order chi connectivity index (χ0) is 15.8. The van der Waals surface area contributed by atoms with Crippen LogP contribution in [0.3, 0.4) is 0 Å². The third-order valence-corrected chi connectivity index (χ3v) is 2.80. The molecule has 0 fully saturated rings. The van der Waals surface area contributed by atoms with E-state index in [1.807, 2.05) is 6.07 Å². The molecule has 0 bridgehead atoms. The van der Waals surface area contributed by atoms with E-state index in [0.29, 0.717) is 17.0 Å². The minimum Gasteiger partial charge on any atom is -0.484 e. The number of aromatic nitrogens is 1. The van der Waals surface area contributed by atoms with Gasteiger partial charge in [0.25, 0.3) is 5.91 Å². The van der Waals surface area contributed by atoms with Gasteiger partial charge in [-0.25, -0.2) is 5.43 Å². The van der Waals surface area contributed by atoms with Crippen LogP contribution < -0.4 is 10.2 Å². The second-order valence-corrected chi connectivity index (χ2v) is 4.39. The van der Waals surface area contributed by atoms with Gasteiger partial charge in [0.2, 0.25) is 0 Å². The summed E-state index contributed by atoms with van der Waals surface area (Å²) in [6.45, 7) is 1.64. The standard InChI is InChI=1S/C16H14N4O2/c1-12(14-6-8-18-9-7-14)19-20-16(21)11-22-15-4-2-13(10-17)3-5-15/h2-9H,11H2,1H3,(H,20,21)/b19-12-. The van der Waals surface area contributed by atoms with Crippen molar-refractivity contribution in [2.75, 3.05) is 6.61 Å². The van der Waals surface area contributed by atoms with Gasteiger partial charge in [0.05, 0.1) is 17.3 Å². The first-order valence-corrected chi connectivity index (χ1v) is 6.55. The Bertz CT molecular complexity index is 703. The summed E-state index contributed by atoms with van der Waals surface area (Å²) in [5.74, 6) is 0.154. The zero-order valence-corrected chi connectivity index (χ0v) is 12.0. The van der Waals surface area contributed by atoms with Crippen LogP contribution in [0.4, 0.5) is 0 Å². The molecular formula is C16H14N4O2. The number of hydrazone groups is 1. The number of amides is 1. The molecule has 0 saturated carbocycles. The molecule has 0 aliphatic heterocycles. The van der Waals surface area contributed by atoms with Crippen LogP contribution in [-0.2, 0) is 4.79 Å². The molecule has 2 aromatic rings. The predicted octanol–water partition coefficient (Wildman–Crippen LogP) is 1.87. The number of rotatable bonds is 5. The number of carbonyl (C=O) groups excluding carboxylic acids is 1. The van der Waals surface area contributed by atoms with Crippen LogP contribution in [0.5, 0.6) is 5.75 Å². The van der Waals surface area contributed by atoms with E-state index in [9.17, 15) is 4.79 Å². The second-order valence-electron chi connectivity index (χ2n) is 4.39. The van der Waals surface area contributed by atoms with Crippen molar-refractivity contribution in [1.82, 2.24) is 10.4 Å². The molecule has 2 rings (SSSR count). The summed E-state index contributed by atoms with van der Waals surface area (Å²) in [5.41, 5.74) is 4.51. The van der Waals surface area contributed by atoms with Crippen molar-refractivity contribution in [1.29, 1.82) is 5.26 Å². The van der Waals surface area contributed by atoms with Gasteiger partial charge in [-0.1, -0.05) is 0 Å². The van der Waals surface area contributed by atoms with Gasteiger partial charge in [0.1, 0.15) is 5.75 Å². The molecule has 0 spiro atoms. The van der Waals surface area contributed by atoms with Crippen LogP contribution in [-0.4, -0.2) is 23.2 Å². The van der Waals surface area contributed by atoms with E-state index in [-0.39, 0.29) is 12.5 Å². The van der Waals surface area contributed by atoms with E-state index in [4.69, 9.17) is 10.00 Å². The van der Waals surface area contributed by atoms with Gasteiger partial charge in [0, 0.05) is 18.0 Å². The first-order valence-electron chi connectivity index (χ1n) is 6.55. The highest BCUT2D eigenvalue weighted by atomic mass is 16.5. The van der Waals surface area contributed by atoms with E-state index < -0.39 is 0 Å². The number of nitrogens with zero attached hydrogens (tertiary/aromatic N) is 3. The molecule has 1 aromatic carbocycles. The molecule has 6 nitrogen and oxygen atoms in total. The van der Waals surface area contributed by atoms with E-state index in [2.05, 4.69) is 15.5 Å². The van der Waals surface area contributed by atoms with Crippen molar-refractivity contribution in [2.45, 2.75) is 6.92 Å². The summed E-state index contributed by atoms with van der Waals surface area (Å²) in [5, 5.41) is 12.7. The van der Waals surface area contributed by atoms with Crippen LogP contribution in [0, 0.1) is 11.3 Å². The third kappa shape index (κ3) is 4.42. The lowest BCUT2D eigenvalue weighted by atomic mass is 10.2. The molecule has 0 aliphatic carbocycles. The largest absolute Gasteiger partial charge is 0.484 e. The van der Waals surface area contributed by atoms with Crippen LogP contribution in [0.2, 0.25) is 0 Å². The fourth-order valence-electron chi connectivity index (χ4n) is 1.61. The Kier molecular flexibility index (Phi) is 5.21. The first kappa shape index (κ1) is 15.2. The predicted molar refractivity (Wildman–Crippen MR) is 81.2 cm³/mol. The number of pyridine rings is 1. The maximum Gasteiger partial charge on any atom is 0.277 e. The monoisotopic (exact) mass is 294 g/mol. The van der Waals surface area contributed by atoms with E-state index in [1.165, 1.54) is 0 Å². The summed E-state index contributed by atoms with van der Waals surface area (Å²) in [6, 6.07) is 12.1. The molecule has 0 aliphatic rings. The Labute approximate surface area is 128 Å². The van der Waals surface area contributed by atoms with Crippen LogP contribution >= 0.6 is 0 Å². The summed E-state index contributed by atoms with van der Waals surface area (Å²) >= 11 is 0. The highest BCUT2D eigenvalue weighted by Gasteiger charge is 2.03. The summed E-state index contributed by atoms with van der Waals surface area (Å²) in [6.07, 6.45) is 3.31. The molecule has 22 heavy (non-hydrogen) atoms. The SMILES string of the molecule is C/C(=N/NC(=O)COc1ccc(C#N)cc1)c1ccncc1. The second kappa shape index (κ2) is 7.55. The molecule has 1 heterocycles. The Hall–Kier alpha value is -3.20. The van der Waals surface area contributed by atoms with Crippen LogP contribution in [0.1, 0.15) is 18.1 Å². The van der Waals surface area contributed by atoms with Crippen molar-refractivity contribution >= 4 is 11.6 Å². The van der Waals surface area contributed by atoms with Gasteiger partial charge in [-0.05, 0) is 43.3 Å². The Balaban J connectivity index is 1.84. The van der Waals surface area contributed by atoms with Crippen molar-refractivity contribution in [2.24, 2.45) is 5.10 Å². The summed E-state index contributed by atoms with van der Waals surface area (Å²) < 4.78 is 5.30. The fourth-order valence-corrected chi connectivity index (χ4v) is 1.61. The lowest BCUT2D eigenvalue weighted by Gasteiger charge is -2.05. The smallest absolute Gasteiger partial charge is 0.277 e. The quantitative estimate of drug-likeness (QED) is 0.673. The highest BCUT2D eigenvalue weighted by Crippen LogP contribution is 2.11. The minimum absolute atomic E-state index is 0.154. The number of nitriles is 1. The maximum atomic E-state index is 11.7. The van der Waals surface area contributed by atoms with Gasteiger partial charge < -0.3 is 4.74 Å². The average molecular weight is 294 g/mol. The van der Waals surface area contributed by atoms with E-state index in [1.54, 1.807) is 55.7 Å². The zero-order valence-electron chi connectivity index (χ0n) is 12.0. The molecule has 0 radical (unpaired) electrons. The molecular weight excluding hydrogens is 280 g/mol. The lowest BCUT2D eigenvalue weighted by molar-refractivity contribution is -0.123. The number of hydrogen-bond acceptors (Lipinski definition) is 5. The lowest BCUT2D eigenvalue weighted by Crippen LogP contribution is -2.25. The number of nitrogens with one attached hydrogen (secondary N) is 1. The minimum atomic E-state index is -0.363. The topological polar surface area (TPSA) is 87.4 Å². The highest BCUT2D eigenvalue weighted by molar-refractivity contribution is 5.99. The average Bonchev–Trinajstić information content (AvgIpc) is 2.59. The van der Waals surface area contributed by atoms with E-state index in [0.717, 1.165) is 5.56 Å². The van der Waals surface area contributed by atoms with Crippen molar-refractivity contribution in [3.8, 4) is 11.8 Å². The van der Waals surface area contributed by atoms with Gasteiger partial charge >= 0.3 is 0 Å². The van der Waals surface area contributed by atoms with Gasteiger partial charge in [-0.15, -0.1) is 0 Å². The van der Waals surface area contributed by atoms with Crippen molar-refractivity contribution in [3.63, 3.8) is 0 Å². The first-order chi connectivity index (χ1) is 10.7. The Morgan fingerprint density at radius 1 is 1.27 bits per heavy atom. The number of hydrogen-bond donors (Lipinski definition) is 1. The Morgan fingerprint density at radius 2 is 1.95 bits per heavy atom. The molecule has 0 saturated heterocycles. The summed E-state index contributed by atoms with van der Waals surface area (Å²) in [7, 11) is 0. The van der Waals surface area contributed by atoms with Gasteiger partial charge in [0.15, 0.2) is 6.61 Å². The van der Waals surface area contributed by atoms with Crippen molar-refractivity contribution in [3.05, 3.63) is 59.9 Å². The van der Waals surface area contributed by atoms with Gasteiger partial charge in [-0.2, -0.15) is 10.4 Å². The number of ether oxygens (including phenoxy) is 1. The summed E-state index contributed by atoms with van der Waals surface area (Å²) in [4.78, 5) is 15.6. The third-order valence-electron chi connectivity index (χ3n) is 2.80. The van der Waals surface area contributed by atoms with E-state index >= 15 is 0 Å². The van der Waals surface area contributed by atoms with Crippen LogP contribution in [0.25, 0.3) is 0 Å². The van der Waals surface area contributed by atoms with Gasteiger partial charge in [-0.3, -0.25) is 9.78 Å². The molecule has 0 unspecified atom stereocenters. The fraction of sp³-hybridized carbons (Fsp3) is 0.125. The van der Waals surface area contributed by atoms with Crippen molar-refractivity contribution < 1.29 is 9.53 Å². The molecule has 110 valence electrons. The normalized spacial score (nSPS) is 10.6. The van der Waals surface area contributed by atoms with Crippen LogP contribution in [0.15, 0.2) is 53.9 Å². The maximum absolute atomic E-state index is 11.7. The molecule has 0 atom stereocenters. The molecule has 1 amide bonds. The molecule has 1 aromatic heterocycles. The molecule has 6 heteroatoms. The number of carbonyl (C=O) groups is 1.